The molecule has 4 aromatic rings. The average molecular weight is 696 g/mol. The number of aromatic nitrogens is 1. The van der Waals surface area contributed by atoms with Crippen molar-refractivity contribution in [3.63, 3.8) is 0 Å². The number of thiazole rings is 1. The first-order chi connectivity index (χ1) is 24.3. The molecular formula is C39H41N3O7S. The summed E-state index contributed by atoms with van der Waals surface area (Å²) in [6, 6.07) is 20.2. The summed E-state index contributed by atoms with van der Waals surface area (Å²) in [6.07, 6.45) is 10.0. The Morgan fingerprint density at radius 3 is 2.46 bits per heavy atom. The van der Waals surface area contributed by atoms with Gasteiger partial charge in [-0.05, 0) is 91.6 Å². The van der Waals surface area contributed by atoms with Gasteiger partial charge in [0.25, 0.3) is 0 Å². The lowest BCUT2D eigenvalue weighted by Gasteiger charge is -2.29. The molecule has 1 aliphatic rings. The maximum absolute atomic E-state index is 13.3. The number of anilines is 1. The second kappa shape index (κ2) is 17.9. The number of esters is 3. The van der Waals surface area contributed by atoms with E-state index in [2.05, 4.69) is 41.7 Å². The number of hydrogen-bond acceptors (Lipinski definition) is 11. The Hall–Kier alpha value is -5.29. The van der Waals surface area contributed by atoms with E-state index in [9.17, 15) is 14.4 Å². The van der Waals surface area contributed by atoms with Crippen molar-refractivity contribution in [2.75, 3.05) is 18.6 Å². The zero-order valence-electron chi connectivity index (χ0n) is 28.0. The van der Waals surface area contributed by atoms with Crippen LogP contribution in [0.5, 0.6) is 11.5 Å². The highest BCUT2D eigenvalue weighted by molar-refractivity contribution is 7.22. The van der Waals surface area contributed by atoms with Crippen LogP contribution in [0.3, 0.4) is 0 Å². The summed E-state index contributed by atoms with van der Waals surface area (Å²) in [5, 5.41) is 5.13. The fourth-order valence-electron chi connectivity index (χ4n) is 5.88. The second-order valence-corrected chi connectivity index (χ2v) is 13.0. The van der Waals surface area contributed by atoms with Gasteiger partial charge in [-0.2, -0.15) is 5.10 Å². The summed E-state index contributed by atoms with van der Waals surface area (Å²) in [7, 11) is 0. The SMILES string of the molecule is C=CC(=O)OCC(COc1ccc(C(=O)Oc2ccc(C3CCC(CCC)CC3)cc2/C=N/Nc2nc3ccccc3s2)cc1)OC(=O)C=C. The zero-order valence-corrected chi connectivity index (χ0v) is 28.9. The zero-order chi connectivity index (χ0) is 35.3. The molecule has 0 spiro atoms. The molecule has 0 saturated heterocycles. The first-order valence-electron chi connectivity index (χ1n) is 16.7. The highest BCUT2D eigenvalue weighted by Crippen LogP contribution is 2.38. The number of benzene rings is 3. The third kappa shape index (κ3) is 10.1. The van der Waals surface area contributed by atoms with Gasteiger partial charge in [0, 0.05) is 17.7 Å². The van der Waals surface area contributed by atoms with Gasteiger partial charge < -0.3 is 18.9 Å². The molecule has 3 aromatic carbocycles. The smallest absolute Gasteiger partial charge is 0.343 e. The molecule has 1 N–H and O–H groups in total. The summed E-state index contributed by atoms with van der Waals surface area (Å²) in [5.74, 6) is 0.139. The third-order valence-electron chi connectivity index (χ3n) is 8.46. The van der Waals surface area contributed by atoms with Gasteiger partial charge in [0.15, 0.2) is 6.10 Å². The molecule has 1 atom stereocenters. The van der Waals surface area contributed by atoms with E-state index in [4.69, 9.17) is 18.9 Å². The number of hydrogen-bond donors (Lipinski definition) is 1. The summed E-state index contributed by atoms with van der Waals surface area (Å²) in [6.45, 7) is 8.64. The van der Waals surface area contributed by atoms with Crippen LogP contribution in [-0.4, -0.2) is 48.4 Å². The molecule has 11 heteroatoms. The topological polar surface area (TPSA) is 125 Å². The van der Waals surface area contributed by atoms with Gasteiger partial charge in [-0.1, -0.05) is 62.5 Å². The standard InChI is InChI=1S/C39H41N3O7S/c1-4-9-26-12-14-27(15-13-26)29-18-21-34(30(22-29)23-40-42-39-41-33-10-7-8-11-35(33)50-39)49-38(45)28-16-19-31(20-17-28)46-24-32(48-37(44)6-3)25-47-36(43)5-2/h5-8,10-11,16-23,26-27,32H,2-4,9,12-15,24-25H2,1H3,(H,41,42)/b40-23+. The van der Waals surface area contributed by atoms with E-state index in [-0.39, 0.29) is 13.2 Å². The molecule has 260 valence electrons. The van der Waals surface area contributed by atoms with Crippen molar-refractivity contribution in [1.82, 2.24) is 4.98 Å². The maximum Gasteiger partial charge on any atom is 0.343 e. The number of rotatable bonds is 16. The van der Waals surface area contributed by atoms with Crippen LogP contribution in [0.1, 0.15) is 72.9 Å². The second-order valence-electron chi connectivity index (χ2n) is 12.0. The highest BCUT2D eigenvalue weighted by atomic mass is 32.1. The average Bonchev–Trinajstić information content (AvgIpc) is 3.56. The number of fused-ring (bicyclic) bond motifs is 1. The van der Waals surface area contributed by atoms with E-state index >= 15 is 0 Å². The molecule has 1 aromatic heterocycles. The Morgan fingerprint density at radius 2 is 1.74 bits per heavy atom. The number of ether oxygens (including phenoxy) is 4. The number of nitrogens with zero attached hydrogens (tertiary/aromatic N) is 2. The minimum absolute atomic E-state index is 0.103. The molecule has 5 rings (SSSR count). The molecule has 10 nitrogen and oxygen atoms in total. The van der Waals surface area contributed by atoms with Gasteiger partial charge >= 0.3 is 17.9 Å². The minimum atomic E-state index is -0.882. The minimum Gasteiger partial charge on any atom is -0.490 e. The fraction of sp³-hybridized carbons (Fsp3) is 0.308. The van der Waals surface area contributed by atoms with E-state index < -0.39 is 24.0 Å². The van der Waals surface area contributed by atoms with E-state index in [1.165, 1.54) is 42.6 Å². The molecule has 0 radical (unpaired) electrons. The predicted octanol–water partition coefficient (Wildman–Crippen LogP) is 8.24. The van der Waals surface area contributed by atoms with Gasteiger partial charge in [0.05, 0.1) is 22.0 Å². The summed E-state index contributed by atoms with van der Waals surface area (Å²) >= 11 is 1.51. The number of nitrogens with one attached hydrogen (secondary N) is 1. The number of para-hydroxylation sites is 1. The van der Waals surface area contributed by atoms with Crippen LogP contribution in [0.4, 0.5) is 5.13 Å². The van der Waals surface area contributed by atoms with E-state index in [1.807, 2.05) is 36.4 Å². The molecule has 1 fully saturated rings. The van der Waals surface area contributed by atoms with Crippen LogP contribution in [0.15, 0.2) is 97.1 Å². The normalized spacial score (nSPS) is 16.3. The Kier molecular flexibility index (Phi) is 12.9. The molecule has 1 heterocycles. The van der Waals surface area contributed by atoms with Gasteiger partial charge in [0.1, 0.15) is 24.7 Å². The van der Waals surface area contributed by atoms with Crippen LogP contribution < -0.4 is 14.9 Å². The van der Waals surface area contributed by atoms with Crippen molar-refractivity contribution in [2.45, 2.75) is 57.5 Å². The summed E-state index contributed by atoms with van der Waals surface area (Å²) in [4.78, 5) is 41.1. The third-order valence-corrected chi connectivity index (χ3v) is 9.40. The maximum atomic E-state index is 13.3. The van der Waals surface area contributed by atoms with Crippen molar-refractivity contribution >= 4 is 50.8 Å². The van der Waals surface area contributed by atoms with Gasteiger partial charge in [-0.25, -0.2) is 19.4 Å². The lowest BCUT2D eigenvalue weighted by molar-refractivity contribution is -0.154. The molecule has 0 amide bonds. The Morgan fingerprint density at radius 1 is 0.980 bits per heavy atom. The molecule has 0 bridgehead atoms. The largest absolute Gasteiger partial charge is 0.490 e. The Labute approximate surface area is 295 Å². The number of carbonyl (C=O) groups is 3. The van der Waals surface area contributed by atoms with E-state index in [1.54, 1.807) is 30.5 Å². The predicted molar refractivity (Wildman–Crippen MR) is 195 cm³/mol. The number of hydrazone groups is 1. The van der Waals surface area contributed by atoms with Gasteiger partial charge in [0.2, 0.25) is 5.13 Å². The van der Waals surface area contributed by atoms with Crippen molar-refractivity contribution in [3.05, 3.63) is 109 Å². The monoisotopic (exact) mass is 695 g/mol. The molecular weight excluding hydrogens is 655 g/mol. The summed E-state index contributed by atoms with van der Waals surface area (Å²) in [5.41, 5.74) is 6.12. The van der Waals surface area contributed by atoms with Gasteiger partial charge in [-0.3, -0.25) is 5.43 Å². The van der Waals surface area contributed by atoms with Crippen LogP contribution >= 0.6 is 11.3 Å². The van der Waals surface area contributed by atoms with Crippen LogP contribution in [-0.2, 0) is 19.1 Å². The van der Waals surface area contributed by atoms with Crippen LogP contribution in [0.2, 0.25) is 0 Å². The van der Waals surface area contributed by atoms with Crippen LogP contribution in [0.25, 0.3) is 10.2 Å². The van der Waals surface area contributed by atoms with E-state index in [0.717, 1.165) is 41.1 Å². The summed E-state index contributed by atoms with van der Waals surface area (Å²) < 4.78 is 22.9. The van der Waals surface area contributed by atoms with Crippen molar-refractivity contribution < 1.29 is 33.3 Å². The molecule has 50 heavy (non-hydrogen) atoms. The molecule has 1 saturated carbocycles. The first kappa shape index (κ1) is 36.0. The van der Waals surface area contributed by atoms with E-state index in [0.29, 0.717) is 33.7 Å². The van der Waals surface area contributed by atoms with Crippen LogP contribution in [0, 0.1) is 5.92 Å². The molecule has 0 aliphatic heterocycles. The molecule has 1 aliphatic carbocycles. The lowest BCUT2D eigenvalue weighted by Crippen LogP contribution is -2.30. The quantitative estimate of drug-likeness (QED) is 0.0406. The first-order valence-corrected chi connectivity index (χ1v) is 17.5. The fourth-order valence-corrected chi connectivity index (χ4v) is 6.70. The lowest BCUT2D eigenvalue weighted by atomic mass is 9.77. The number of carbonyl (C=O) groups excluding carboxylic acids is 3. The Bertz CT molecular complexity index is 1790. The highest BCUT2D eigenvalue weighted by Gasteiger charge is 2.23. The van der Waals surface area contributed by atoms with Crippen molar-refractivity contribution in [2.24, 2.45) is 11.0 Å². The van der Waals surface area contributed by atoms with Gasteiger partial charge in [-0.15, -0.1) is 0 Å². The van der Waals surface area contributed by atoms with Crippen molar-refractivity contribution in [3.8, 4) is 11.5 Å². The van der Waals surface area contributed by atoms with Crippen molar-refractivity contribution in [1.29, 1.82) is 0 Å². The molecule has 1 unspecified atom stereocenters. The Balaban J connectivity index is 1.27.